The second kappa shape index (κ2) is 4.39. The van der Waals surface area contributed by atoms with E-state index >= 15 is 0 Å². The Morgan fingerprint density at radius 1 is 1.33 bits per heavy atom. The molecule has 0 fully saturated rings. The lowest BCUT2D eigenvalue weighted by Crippen LogP contribution is -1.84. The molecule has 0 unspecified atom stereocenters. The van der Waals surface area contributed by atoms with Gasteiger partial charge in [-0.15, -0.1) is 6.58 Å². The van der Waals surface area contributed by atoms with Crippen LogP contribution in [0, 0.1) is 0 Å². The van der Waals surface area contributed by atoms with Crippen molar-refractivity contribution in [3.63, 3.8) is 0 Å². The molecule has 0 spiro atoms. The molecular weight excluding hydrogens is 148 g/mol. The first kappa shape index (κ1) is 8.60. The molecule has 1 rings (SSSR count). The summed E-state index contributed by atoms with van der Waals surface area (Å²) >= 11 is 0. The van der Waals surface area contributed by atoms with Crippen LogP contribution in [0.3, 0.4) is 0 Å². The molecule has 0 atom stereocenters. The van der Waals surface area contributed by atoms with Gasteiger partial charge in [0.2, 0.25) is 0 Å². The molecule has 0 bridgehead atoms. The van der Waals surface area contributed by atoms with Crippen molar-refractivity contribution in [3.8, 4) is 5.75 Å². The van der Waals surface area contributed by atoms with Crippen molar-refractivity contribution in [3.05, 3.63) is 55.3 Å². The zero-order valence-electron chi connectivity index (χ0n) is 6.99. The van der Waals surface area contributed by atoms with E-state index in [1.165, 1.54) is 11.8 Å². The van der Waals surface area contributed by atoms with Crippen molar-refractivity contribution in [1.29, 1.82) is 0 Å². The van der Waals surface area contributed by atoms with Gasteiger partial charge in [0, 0.05) is 0 Å². The number of hydrogen-bond acceptors (Lipinski definition) is 1. The van der Waals surface area contributed by atoms with Crippen LogP contribution >= 0.6 is 0 Å². The SMILES string of the molecule is C=CCc1cccc(OC=C)c1. The third-order valence-corrected chi connectivity index (χ3v) is 1.50. The largest absolute Gasteiger partial charge is 0.466 e. The van der Waals surface area contributed by atoms with Crippen LogP contribution < -0.4 is 4.74 Å². The summed E-state index contributed by atoms with van der Waals surface area (Å²) in [7, 11) is 0. The molecule has 0 saturated carbocycles. The Morgan fingerprint density at radius 2 is 2.17 bits per heavy atom. The minimum Gasteiger partial charge on any atom is -0.466 e. The molecule has 0 N–H and O–H groups in total. The third-order valence-electron chi connectivity index (χ3n) is 1.50. The van der Waals surface area contributed by atoms with Crippen molar-refractivity contribution in [1.82, 2.24) is 0 Å². The number of benzene rings is 1. The third kappa shape index (κ3) is 2.27. The molecule has 0 aliphatic carbocycles. The maximum absolute atomic E-state index is 5.12. The van der Waals surface area contributed by atoms with Gasteiger partial charge in [0.05, 0.1) is 6.26 Å². The van der Waals surface area contributed by atoms with Crippen molar-refractivity contribution in [2.24, 2.45) is 0 Å². The van der Waals surface area contributed by atoms with E-state index in [1.807, 2.05) is 30.3 Å². The van der Waals surface area contributed by atoms with Gasteiger partial charge in [0.1, 0.15) is 5.75 Å². The molecule has 62 valence electrons. The van der Waals surface area contributed by atoms with Gasteiger partial charge in [-0.2, -0.15) is 0 Å². The highest BCUT2D eigenvalue weighted by Crippen LogP contribution is 2.13. The Bertz CT molecular complexity index is 251. The van der Waals surface area contributed by atoms with Crippen LogP contribution in [-0.4, -0.2) is 0 Å². The monoisotopic (exact) mass is 160 g/mol. The molecule has 0 radical (unpaired) electrons. The second-order valence-electron chi connectivity index (χ2n) is 2.42. The van der Waals surface area contributed by atoms with Gasteiger partial charge in [-0.25, -0.2) is 0 Å². The molecule has 12 heavy (non-hydrogen) atoms. The zero-order valence-corrected chi connectivity index (χ0v) is 6.99. The van der Waals surface area contributed by atoms with Crippen molar-refractivity contribution in [2.75, 3.05) is 0 Å². The van der Waals surface area contributed by atoms with Crippen molar-refractivity contribution >= 4 is 0 Å². The Labute approximate surface area is 73.0 Å². The number of hydrogen-bond donors (Lipinski definition) is 0. The maximum atomic E-state index is 5.12. The smallest absolute Gasteiger partial charge is 0.126 e. The van der Waals surface area contributed by atoms with E-state index in [9.17, 15) is 0 Å². The van der Waals surface area contributed by atoms with E-state index in [0.29, 0.717) is 0 Å². The van der Waals surface area contributed by atoms with E-state index in [2.05, 4.69) is 13.2 Å². The van der Waals surface area contributed by atoms with Gasteiger partial charge in [-0.05, 0) is 24.1 Å². The molecule has 1 heteroatoms. The summed E-state index contributed by atoms with van der Waals surface area (Å²) in [6, 6.07) is 7.87. The topological polar surface area (TPSA) is 9.23 Å². The zero-order chi connectivity index (χ0) is 8.81. The van der Waals surface area contributed by atoms with Crippen molar-refractivity contribution in [2.45, 2.75) is 6.42 Å². The summed E-state index contributed by atoms with van der Waals surface area (Å²) in [4.78, 5) is 0. The normalized spacial score (nSPS) is 9.00. The minimum absolute atomic E-state index is 0.823. The van der Waals surface area contributed by atoms with Gasteiger partial charge in [-0.1, -0.05) is 24.8 Å². The van der Waals surface area contributed by atoms with Crippen LogP contribution in [-0.2, 0) is 6.42 Å². The summed E-state index contributed by atoms with van der Waals surface area (Å²) in [5.74, 6) is 0.823. The average Bonchev–Trinajstić information content (AvgIpc) is 2.06. The lowest BCUT2D eigenvalue weighted by molar-refractivity contribution is 0.483. The van der Waals surface area contributed by atoms with E-state index < -0.39 is 0 Å². The highest BCUT2D eigenvalue weighted by Gasteiger charge is 1.92. The van der Waals surface area contributed by atoms with Gasteiger partial charge in [-0.3, -0.25) is 0 Å². The Morgan fingerprint density at radius 3 is 2.83 bits per heavy atom. The lowest BCUT2D eigenvalue weighted by Gasteiger charge is -2.01. The van der Waals surface area contributed by atoms with Gasteiger partial charge in [0.25, 0.3) is 0 Å². The first-order valence-electron chi connectivity index (χ1n) is 3.84. The molecular formula is C11H12O. The molecule has 0 saturated heterocycles. The Hall–Kier alpha value is -1.50. The summed E-state index contributed by atoms with van der Waals surface area (Å²) in [6.07, 6.45) is 4.16. The molecule has 1 aromatic carbocycles. The fourth-order valence-corrected chi connectivity index (χ4v) is 1.01. The molecule has 1 aromatic rings. The summed E-state index contributed by atoms with van der Waals surface area (Å²) in [5, 5.41) is 0. The van der Waals surface area contributed by atoms with Crippen LogP contribution in [0.15, 0.2) is 49.8 Å². The van der Waals surface area contributed by atoms with E-state index in [1.54, 1.807) is 0 Å². The number of allylic oxidation sites excluding steroid dienone is 1. The van der Waals surface area contributed by atoms with E-state index in [4.69, 9.17) is 4.74 Å². The summed E-state index contributed by atoms with van der Waals surface area (Å²) < 4.78 is 5.12. The lowest BCUT2D eigenvalue weighted by atomic mass is 10.1. The van der Waals surface area contributed by atoms with Crippen LogP contribution in [0.5, 0.6) is 5.75 Å². The number of ether oxygens (including phenoxy) is 1. The van der Waals surface area contributed by atoms with Gasteiger partial charge in [0.15, 0.2) is 0 Å². The van der Waals surface area contributed by atoms with Crippen molar-refractivity contribution < 1.29 is 4.74 Å². The fraction of sp³-hybridized carbons (Fsp3) is 0.0909. The van der Waals surface area contributed by atoms with Gasteiger partial charge >= 0.3 is 0 Å². The fourth-order valence-electron chi connectivity index (χ4n) is 1.01. The van der Waals surface area contributed by atoms with Crippen LogP contribution in [0.4, 0.5) is 0 Å². The molecule has 1 nitrogen and oxygen atoms in total. The highest BCUT2D eigenvalue weighted by molar-refractivity contribution is 5.29. The quantitative estimate of drug-likeness (QED) is 0.486. The Balaban J connectivity index is 2.79. The van der Waals surface area contributed by atoms with Crippen LogP contribution in [0.25, 0.3) is 0 Å². The minimum atomic E-state index is 0.823. The van der Waals surface area contributed by atoms with Crippen LogP contribution in [0.2, 0.25) is 0 Å². The number of rotatable bonds is 4. The summed E-state index contributed by atoms with van der Waals surface area (Å²) in [6.45, 7) is 7.16. The predicted octanol–water partition coefficient (Wildman–Crippen LogP) is 2.94. The molecule has 0 aliphatic rings. The predicted molar refractivity (Wildman–Crippen MR) is 51.2 cm³/mol. The van der Waals surface area contributed by atoms with E-state index in [0.717, 1.165) is 12.2 Å². The maximum Gasteiger partial charge on any atom is 0.126 e. The average molecular weight is 160 g/mol. The Kier molecular flexibility index (Phi) is 3.15. The summed E-state index contributed by atoms with van der Waals surface area (Å²) in [5.41, 5.74) is 1.20. The second-order valence-corrected chi connectivity index (χ2v) is 2.42. The van der Waals surface area contributed by atoms with Gasteiger partial charge < -0.3 is 4.74 Å². The highest BCUT2D eigenvalue weighted by atomic mass is 16.5. The van der Waals surface area contributed by atoms with E-state index in [-0.39, 0.29) is 0 Å². The first-order chi connectivity index (χ1) is 5.86. The molecule has 0 heterocycles. The first-order valence-corrected chi connectivity index (χ1v) is 3.84. The molecule has 0 amide bonds. The standard InChI is InChI=1S/C11H12O/c1-3-6-10-7-5-8-11(9-10)12-4-2/h3-5,7-9H,1-2,6H2. The van der Waals surface area contributed by atoms with Crippen LogP contribution in [0.1, 0.15) is 5.56 Å². The molecule has 0 aliphatic heterocycles. The molecule has 0 aromatic heterocycles.